The standard InChI is InChI=1S/C16H22N2O2/c1-16(2,3)20-15(19)18-17-14-11-7-5-9-12-8-4-6-10-13(12)14/h4,6,8,10H,5,7,9,11H2,1-3H3,(H,18,19). The van der Waals surface area contributed by atoms with Crippen molar-refractivity contribution in [3.05, 3.63) is 35.4 Å². The molecule has 1 amide bonds. The molecule has 0 saturated carbocycles. The molecule has 1 aliphatic rings. The van der Waals surface area contributed by atoms with Crippen LogP contribution in [-0.2, 0) is 11.2 Å². The van der Waals surface area contributed by atoms with Crippen molar-refractivity contribution in [2.24, 2.45) is 5.10 Å². The van der Waals surface area contributed by atoms with Crippen LogP contribution >= 0.6 is 0 Å². The summed E-state index contributed by atoms with van der Waals surface area (Å²) in [6.07, 6.45) is 3.69. The highest BCUT2D eigenvalue weighted by molar-refractivity contribution is 6.02. The summed E-state index contributed by atoms with van der Waals surface area (Å²) in [4.78, 5) is 11.7. The number of benzene rings is 1. The molecule has 1 N–H and O–H groups in total. The van der Waals surface area contributed by atoms with Crippen molar-refractivity contribution < 1.29 is 9.53 Å². The molecule has 0 unspecified atom stereocenters. The molecule has 0 bridgehead atoms. The fourth-order valence-corrected chi connectivity index (χ4v) is 2.29. The van der Waals surface area contributed by atoms with Crippen LogP contribution in [0.5, 0.6) is 0 Å². The van der Waals surface area contributed by atoms with E-state index in [0.29, 0.717) is 0 Å². The molecule has 108 valence electrons. The van der Waals surface area contributed by atoms with Crippen LogP contribution in [0.4, 0.5) is 4.79 Å². The zero-order valence-electron chi connectivity index (χ0n) is 12.4. The Morgan fingerprint density at radius 3 is 2.65 bits per heavy atom. The van der Waals surface area contributed by atoms with Crippen molar-refractivity contribution in [1.29, 1.82) is 0 Å². The second-order valence-electron chi connectivity index (χ2n) is 6.04. The molecule has 0 atom stereocenters. The van der Waals surface area contributed by atoms with Crippen LogP contribution in [0.3, 0.4) is 0 Å². The quantitative estimate of drug-likeness (QED) is 0.628. The van der Waals surface area contributed by atoms with Crippen LogP contribution in [0.2, 0.25) is 0 Å². The minimum absolute atomic E-state index is 0.508. The van der Waals surface area contributed by atoms with Crippen LogP contribution < -0.4 is 5.43 Å². The zero-order chi connectivity index (χ0) is 14.6. The third-order valence-electron chi connectivity index (χ3n) is 3.12. The lowest BCUT2D eigenvalue weighted by Gasteiger charge is -2.18. The number of aryl methyl sites for hydroxylation is 1. The first-order valence-electron chi connectivity index (χ1n) is 7.09. The Bertz CT molecular complexity index is 515. The summed E-state index contributed by atoms with van der Waals surface area (Å²) >= 11 is 0. The Hall–Kier alpha value is -1.84. The summed E-state index contributed by atoms with van der Waals surface area (Å²) in [7, 11) is 0. The maximum atomic E-state index is 11.7. The first-order valence-corrected chi connectivity index (χ1v) is 7.09. The Morgan fingerprint density at radius 2 is 1.90 bits per heavy atom. The lowest BCUT2D eigenvalue weighted by atomic mass is 10.0. The number of ether oxygens (including phenoxy) is 1. The van der Waals surface area contributed by atoms with Gasteiger partial charge in [0.25, 0.3) is 0 Å². The van der Waals surface area contributed by atoms with Crippen LogP contribution in [0.1, 0.15) is 51.2 Å². The highest BCUT2D eigenvalue weighted by Gasteiger charge is 2.17. The normalized spacial score (nSPS) is 17.2. The van der Waals surface area contributed by atoms with E-state index >= 15 is 0 Å². The number of rotatable bonds is 1. The summed E-state index contributed by atoms with van der Waals surface area (Å²) in [6, 6.07) is 8.25. The maximum absolute atomic E-state index is 11.7. The van der Waals surface area contributed by atoms with Crippen LogP contribution in [0, 0.1) is 0 Å². The Morgan fingerprint density at radius 1 is 1.20 bits per heavy atom. The molecule has 4 heteroatoms. The van der Waals surface area contributed by atoms with E-state index in [0.717, 1.165) is 37.0 Å². The Balaban J connectivity index is 2.12. The van der Waals surface area contributed by atoms with Gasteiger partial charge >= 0.3 is 6.09 Å². The van der Waals surface area contributed by atoms with Gasteiger partial charge in [-0.25, -0.2) is 10.2 Å². The fourth-order valence-electron chi connectivity index (χ4n) is 2.29. The molecule has 4 nitrogen and oxygen atoms in total. The maximum Gasteiger partial charge on any atom is 0.428 e. The van der Waals surface area contributed by atoms with E-state index in [2.05, 4.69) is 22.7 Å². The highest BCUT2D eigenvalue weighted by Crippen LogP contribution is 2.20. The second kappa shape index (κ2) is 6.07. The summed E-state index contributed by atoms with van der Waals surface area (Å²) in [6.45, 7) is 5.50. The summed E-state index contributed by atoms with van der Waals surface area (Å²) in [5.74, 6) is 0. The molecule has 0 saturated heterocycles. The average molecular weight is 274 g/mol. The van der Waals surface area contributed by atoms with Crippen LogP contribution in [0.15, 0.2) is 29.4 Å². The van der Waals surface area contributed by atoms with E-state index < -0.39 is 11.7 Å². The van der Waals surface area contributed by atoms with Crippen molar-refractivity contribution in [2.45, 2.75) is 52.1 Å². The van der Waals surface area contributed by atoms with E-state index in [1.807, 2.05) is 32.9 Å². The van der Waals surface area contributed by atoms with Crippen molar-refractivity contribution in [1.82, 2.24) is 5.43 Å². The van der Waals surface area contributed by atoms with Crippen molar-refractivity contribution in [3.8, 4) is 0 Å². The molecule has 0 aromatic heterocycles. The van der Waals surface area contributed by atoms with Gasteiger partial charge in [0.05, 0.1) is 5.71 Å². The highest BCUT2D eigenvalue weighted by atomic mass is 16.6. The first kappa shape index (κ1) is 14.6. The molecule has 2 rings (SSSR count). The number of nitrogens with one attached hydrogen (secondary N) is 1. The van der Waals surface area contributed by atoms with Crippen molar-refractivity contribution in [2.75, 3.05) is 0 Å². The number of carbonyl (C=O) groups is 1. The molecule has 20 heavy (non-hydrogen) atoms. The summed E-state index contributed by atoms with van der Waals surface area (Å²) < 4.78 is 5.19. The second-order valence-corrected chi connectivity index (χ2v) is 6.04. The smallest absolute Gasteiger partial charge is 0.428 e. The van der Waals surface area contributed by atoms with Gasteiger partial charge in [-0.2, -0.15) is 5.10 Å². The SMILES string of the molecule is CC(C)(C)OC(=O)NN=C1CCCCc2ccccc21. The van der Waals surface area contributed by atoms with Gasteiger partial charge in [0.2, 0.25) is 0 Å². The molecule has 0 aliphatic heterocycles. The summed E-state index contributed by atoms with van der Waals surface area (Å²) in [5, 5.41) is 4.26. The Labute approximate surface area is 120 Å². The minimum atomic E-state index is -0.508. The zero-order valence-corrected chi connectivity index (χ0v) is 12.4. The molecule has 1 aliphatic carbocycles. The predicted molar refractivity (Wildman–Crippen MR) is 79.9 cm³/mol. The van der Waals surface area contributed by atoms with Gasteiger partial charge in [0.15, 0.2) is 0 Å². The molecule has 0 radical (unpaired) electrons. The predicted octanol–water partition coefficient (Wildman–Crippen LogP) is 3.64. The number of hydrogen-bond donors (Lipinski definition) is 1. The topological polar surface area (TPSA) is 50.7 Å². The monoisotopic (exact) mass is 274 g/mol. The largest absolute Gasteiger partial charge is 0.443 e. The number of hydrogen-bond acceptors (Lipinski definition) is 3. The molecular formula is C16H22N2O2. The molecule has 0 fully saturated rings. The first-order chi connectivity index (χ1) is 9.46. The van der Waals surface area contributed by atoms with Gasteiger partial charge in [-0.15, -0.1) is 0 Å². The van der Waals surface area contributed by atoms with Gasteiger partial charge in [-0.3, -0.25) is 0 Å². The van der Waals surface area contributed by atoms with Gasteiger partial charge in [0, 0.05) is 5.56 Å². The van der Waals surface area contributed by atoms with Crippen LogP contribution in [-0.4, -0.2) is 17.4 Å². The molecule has 1 aromatic rings. The van der Waals surface area contributed by atoms with Crippen molar-refractivity contribution >= 4 is 11.8 Å². The summed E-state index contributed by atoms with van der Waals surface area (Å²) in [5.41, 5.74) is 5.37. The lowest BCUT2D eigenvalue weighted by molar-refractivity contribution is 0.0529. The van der Waals surface area contributed by atoms with E-state index in [1.165, 1.54) is 5.56 Å². The lowest BCUT2D eigenvalue weighted by Crippen LogP contribution is -2.30. The average Bonchev–Trinajstić information content (AvgIpc) is 2.56. The Kier molecular flexibility index (Phi) is 4.42. The third kappa shape index (κ3) is 4.08. The van der Waals surface area contributed by atoms with Gasteiger partial charge in [-0.05, 0) is 52.0 Å². The van der Waals surface area contributed by atoms with E-state index in [9.17, 15) is 4.79 Å². The molecule has 0 spiro atoms. The minimum Gasteiger partial charge on any atom is -0.443 e. The number of nitrogens with zero attached hydrogens (tertiary/aromatic N) is 1. The van der Waals surface area contributed by atoms with Gasteiger partial charge < -0.3 is 4.74 Å². The van der Waals surface area contributed by atoms with Crippen LogP contribution in [0.25, 0.3) is 0 Å². The van der Waals surface area contributed by atoms with E-state index in [4.69, 9.17) is 4.74 Å². The van der Waals surface area contributed by atoms with Gasteiger partial charge in [-0.1, -0.05) is 24.3 Å². The number of hydrazone groups is 1. The fraction of sp³-hybridized carbons (Fsp3) is 0.500. The molecule has 1 aromatic carbocycles. The molecular weight excluding hydrogens is 252 g/mol. The number of amides is 1. The van der Waals surface area contributed by atoms with E-state index in [1.54, 1.807) is 0 Å². The van der Waals surface area contributed by atoms with Gasteiger partial charge in [0.1, 0.15) is 5.60 Å². The third-order valence-corrected chi connectivity index (χ3v) is 3.12. The molecule has 0 heterocycles. The number of carbonyl (C=O) groups excluding carboxylic acids is 1. The van der Waals surface area contributed by atoms with E-state index in [-0.39, 0.29) is 0 Å². The van der Waals surface area contributed by atoms with Crippen molar-refractivity contribution in [3.63, 3.8) is 0 Å². The number of fused-ring (bicyclic) bond motifs is 1.